The van der Waals surface area contributed by atoms with Crippen LogP contribution in [0, 0.1) is 0 Å². The van der Waals surface area contributed by atoms with Gasteiger partial charge in [-0.1, -0.05) is 0 Å². The molecule has 2 N–H and O–H groups in total. The Morgan fingerprint density at radius 2 is 1.17 bits per heavy atom. The van der Waals surface area contributed by atoms with Crippen LogP contribution in [-0.2, 0) is 10.4 Å². The molecular formula is H2BeO4S. The van der Waals surface area contributed by atoms with E-state index in [9.17, 15) is 0 Å². The Morgan fingerprint density at radius 1 is 1.17 bits per heavy atom. The van der Waals surface area contributed by atoms with Crippen LogP contribution < -0.4 is 0 Å². The largest absolute Gasteiger partial charge is 0.394 e. The standard InChI is InChI=1S/Be.H2O4S/c;1-5(2,3)4/h;(H2,1,2,3,4). The van der Waals surface area contributed by atoms with Crippen LogP contribution in [-0.4, -0.2) is 27.6 Å². The fraction of sp³-hybridized carbons (Fsp3) is 0. The average Bonchev–Trinajstić information content (AvgIpc) is 0.722. The van der Waals surface area contributed by atoms with E-state index in [1.807, 2.05) is 0 Å². The minimum atomic E-state index is -4.67. The van der Waals surface area contributed by atoms with Gasteiger partial charge in [-0.05, 0) is 0 Å². The SMILES string of the molecule is O=S(=O)(O)O.[Be]. The first kappa shape index (κ1) is 9.40. The summed E-state index contributed by atoms with van der Waals surface area (Å²) in [6, 6.07) is 0. The van der Waals surface area contributed by atoms with Crippen molar-refractivity contribution in [3.63, 3.8) is 0 Å². The first-order valence-electron chi connectivity index (χ1n) is 0.698. The molecule has 0 fully saturated rings. The summed E-state index contributed by atoms with van der Waals surface area (Å²) in [6.07, 6.45) is 0. The second-order valence-corrected chi connectivity index (χ2v) is 1.34. The van der Waals surface area contributed by atoms with E-state index in [-0.39, 0.29) is 10.1 Å². The van der Waals surface area contributed by atoms with Crippen molar-refractivity contribution in [1.29, 1.82) is 0 Å². The van der Waals surface area contributed by atoms with E-state index in [0.717, 1.165) is 0 Å². The summed E-state index contributed by atoms with van der Waals surface area (Å²) >= 11 is 0. The van der Waals surface area contributed by atoms with Crippen molar-refractivity contribution in [1.82, 2.24) is 0 Å². The van der Waals surface area contributed by atoms with Gasteiger partial charge in [-0.3, -0.25) is 9.11 Å². The maximum atomic E-state index is 8.74. The molecule has 0 saturated heterocycles. The molecule has 0 atom stereocenters. The van der Waals surface area contributed by atoms with Gasteiger partial charge in [0.15, 0.2) is 0 Å². The minimum absolute atomic E-state index is 0. The zero-order valence-corrected chi connectivity index (χ0v) is 3.64. The van der Waals surface area contributed by atoms with Gasteiger partial charge >= 0.3 is 10.4 Å². The molecule has 0 saturated carbocycles. The van der Waals surface area contributed by atoms with E-state index in [0.29, 0.717) is 0 Å². The molecule has 0 aliphatic carbocycles. The first-order valence-corrected chi connectivity index (χ1v) is 2.10. The molecule has 0 amide bonds. The van der Waals surface area contributed by atoms with E-state index in [2.05, 4.69) is 0 Å². The van der Waals surface area contributed by atoms with Crippen LogP contribution in [0.2, 0.25) is 0 Å². The minimum Gasteiger partial charge on any atom is -0.264 e. The molecule has 0 aromatic rings. The van der Waals surface area contributed by atoms with Gasteiger partial charge in [-0.15, -0.1) is 0 Å². The van der Waals surface area contributed by atoms with Crippen LogP contribution in [0.5, 0.6) is 0 Å². The maximum Gasteiger partial charge on any atom is 0.394 e. The van der Waals surface area contributed by atoms with Gasteiger partial charge in [0, 0.05) is 10.1 Å². The number of hydrogen-bond donors (Lipinski definition) is 2. The van der Waals surface area contributed by atoms with Gasteiger partial charge in [0.2, 0.25) is 0 Å². The summed E-state index contributed by atoms with van der Waals surface area (Å²) in [4.78, 5) is 0. The third-order valence-electron chi connectivity index (χ3n) is 0. The van der Waals surface area contributed by atoms with E-state index < -0.39 is 10.4 Å². The Labute approximate surface area is 39.0 Å². The summed E-state index contributed by atoms with van der Waals surface area (Å²) in [5, 5.41) is 0. The Kier molecular flexibility index (Phi) is 3.53. The predicted molar refractivity (Wildman–Crippen MR) is 19.9 cm³/mol. The Morgan fingerprint density at radius 3 is 1.17 bits per heavy atom. The predicted octanol–water partition coefficient (Wildman–Crippen LogP) is -1.03. The molecule has 0 aromatic heterocycles. The fourth-order valence-corrected chi connectivity index (χ4v) is 0. The molecule has 2 radical (unpaired) electrons. The van der Waals surface area contributed by atoms with Gasteiger partial charge < -0.3 is 0 Å². The summed E-state index contributed by atoms with van der Waals surface area (Å²) in [7, 11) is -4.67. The van der Waals surface area contributed by atoms with Crippen LogP contribution in [0.25, 0.3) is 0 Å². The van der Waals surface area contributed by atoms with Crippen LogP contribution in [0.15, 0.2) is 0 Å². The van der Waals surface area contributed by atoms with E-state index in [1.165, 1.54) is 0 Å². The summed E-state index contributed by atoms with van der Waals surface area (Å²) in [6.45, 7) is 0. The summed E-state index contributed by atoms with van der Waals surface area (Å²) < 4.78 is 31.6. The average molecular weight is 107 g/mol. The molecule has 6 heavy (non-hydrogen) atoms. The van der Waals surface area contributed by atoms with E-state index >= 15 is 0 Å². The second kappa shape index (κ2) is 2.25. The molecule has 0 spiro atoms. The normalized spacial score (nSPS) is 9.67. The molecule has 0 heterocycles. The van der Waals surface area contributed by atoms with Crippen molar-refractivity contribution in [3.05, 3.63) is 0 Å². The molecule has 34 valence electrons. The Balaban J connectivity index is 0. The maximum absolute atomic E-state index is 8.74. The zero-order chi connectivity index (χ0) is 4.50. The van der Waals surface area contributed by atoms with Gasteiger partial charge in [-0.25, -0.2) is 0 Å². The topological polar surface area (TPSA) is 74.6 Å². The van der Waals surface area contributed by atoms with Crippen molar-refractivity contribution in [2.24, 2.45) is 0 Å². The Hall–Kier alpha value is 0.0388. The van der Waals surface area contributed by atoms with Crippen molar-refractivity contribution in [2.75, 3.05) is 0 Å². The summed E-state index contributed by atoms with van der Waals surface area (Å²) in [5.41, 5.74) is 0. The molecule has 0 bridgehead atoms. The van der Waals surface area contributed by atoms with Gasteiger partial charge in [0.25, 0.3) is 0 Å². The van der Waals surface area contributed by atoms with Crippen LogP contribution in [0.4, 0.5) is 0 Å². The van der Waals surface area contributed by atoms with Gasteiger partial charge in [0.1, 0.15) is 0 Å². The van der Waals surface area contributed by atoms with Crippen molar-refractivity contribution in [2.45, 2.75) is 0 Å². The first-order chi connectivity index (χ1) is 2.00. The molecular weight excluding hydrogens is 105 g/mol. The van der Waals surface area contributed by atoms with E-state index in [1.54, 1.807) is 0 Å². The molecule has 0 aliphatic rings. The van der Waals surface area contributed by atoms with Crippen LogP contribution in [0.1, 0.15) is 0 Å². The van der Waals surface area contributed by atoms with Crippen molar-refractivity contribution >= 4 is 20.5 Å². The Bertz CT molecular complexity index is 90.7. The zero-order valence-electron chi connectivity index (χ0n) is 2.83. The third kappa shape index (κ3) is 24700. The quantitative estimate of drug-likeness (QED) is 0.306. The van der Waals surface area contributed by atoms with E-state index in [4.69, 9.17) is 17.5 Å². The molecule has 6 heteroatoms. The second-order valence-electron chi connectivity index (χ2n) is 0.448. The number of hydrogen-bond acceptors (Lipinski definition) is 2. The summed E-state index contributed by atoms with van der Waals surface area (Å²) in [5.74, 6) is 0. The smallest absolute Gasteiger partial charge is 0.264 e. The molecule has 0 unspecified atom stereocenters. The van der Waals surface area contributed by atoms with Crippen LogP contribution >= 0.6 is 0 Å². The third-order valence-corrected chi connectivity index (χ3v) is 0. The van der Waals surface area contributed by atoms with Crippen molar-refractivity contribution in [3.8, 4) is 0 Å². The van der Waals surface area contributed by atoms with Crippen molar-refractivity contribution < 1.29 is 17.5 Å². The fourth-order valence-electron chi connectivity index (χ4n) is 0. The molecule has 4 nitrogen and oxygen atoms in total. The monoisotopic (exact) mass is 107 g/mol. The van der Waals surface area contributed by atoms with Crippen LogP contribution in [0.3, 0.4) is 0 Å². The molecule has 0 rings (SSSR count). The van der Waals surface area contributed by atoms with Gasteiger partial charge in [0.05, 0.1) is 0 Å². The molecule has 0 aromatic carbocycles. The van der Waals surface area contributed by atoms with Gasteiger partial charge in [-0.2, -0.15) is 8.42 Å². The molecule has 0 aliphatic heterocycles. The number of rotatable bonds is 0.